The van der Waals surface area contributed by atoms with E-state index in [1.165, 1.54) is 29.0 Å². The maximum Gasteiger partial charge on any atom is 0.252 e. The Morgan fingerprint density at radius 2 is 1.93 bits per heavy atom. The number of primary sulfonamides is 1. The summed E-state index contributed by atoms with van der Waals surface area (Å²) in [5.74, 6) is 0.168. The first kappa shape index (κ1) is 21.2. The van der Waals surface area contributed by atoms with Gasteiger partial charge in [-0.1, -0.05) is 55.5 Å². The predicted molar refractivity (Wildman–Crippen MR) is 116 cm³/mol. The van der Waals surface area contributed by atoms with Crippen molar-refractivity contribution in [2.75, 3.05) is 0 Å². The number of hydrogen-bond acceptors (Lipinski definition) is 4. The van der Waals surface area contributed by atoms with Gasteiger partial charge in [0.2, 0.25) is 10.0 Å². The minimum atomic E-state index is -3.80. The van der Waals surface area contributed by atoms with Crippen molar-refractivity contribution >= 4 is 37.5 Å². The first-order chi connectivity index (χ1) is 13.7. The second-order valence-electron chi connectivity index (χ2n) is 7.04. The first-order valence-corrected chi connectivity index (χ1v) is 11.5. The number of nitrogens with two attached hydrogens (primary N) is 1. The molecule has 0 aliphatic heterocycles. The Hall–Kier alpha value is -2.55. The number of amides is 1. The van der Waals surface area contributed by atoms with Gasteiger partial charge in [-0.25, -0.2) is 13.6 Å². The van der Waals surface area contributed by atoms with Crippen molar-refractivity contribution in [1.29, 1.82) is 0 Å². The molecule has 152 valence electrons. The number of fused-ring (bicyclic) bond motifs is 1. The lowest BCUT2D eigenvalue weighted by atomic mass is 10.0. The first-order valence-electron chi connectivity index (χ1n) is 9.12. The Balaban J connectivity index is 1.98. The Morgan fingerprint density at radius 3 is 2.52 bits per heavy atom. The van der Waals surface area contributed by atoms with E-state index < -0.39 is 10.0 Å². The highest BCUT2D eigenvalue weighted by Gasteiger charge is 2.13. The van der Waals surface area contributed by atoms with Crippen molar-refractivity contribution in [2.45, 2.75) is 37.6 Å². The molecular formula is C21H23N3O3S2. The zero-order valence-corrected chi connectivity index (χ0v) is 18.0. The van der Waals surface area contributed by atoms with E-state index in [9.17, 15) is 13.2 Å². The predicted octanol–water partition coefficient (Wildman–Crippen LogP) is 3.33. The van der Waals surface area contributed by atoms with E-state index in [1.807, 2.05) is 28.8 Å². The van der Waals surface area contributed by atoms with Gasteiger partial charge in [0, 0.05) is 6.54 Å². The fourth-order valence-electron chi connectivity index (χ4n) is 2.96. The second-order valence-corrected chi connectivity index (χ2v) is 9.61. The molecule has 0 saturated carbocycles. The van der Waals surface area contributed by atoms with Crippen LogP contribution < -0.4 is 9.94 Å². The van der Waals surface area contributed by atoms with Gasteiger partial charge in [0.25, 0.3) is 5.91 Å². The summed E-state index contributed by atoms with van der Waals surface area (Å²) in [5, 5.41) is 5.22. The Kier molecular flexibility index (Phi) is 6.16. The minimum absolute atomic E-state index is 0.0279. The largest absolute Gasteiger partial charge is 0.313 e. The normalized spacial score (nSPS) is 12.6. The summed E-state index contributed by atoms with van der Waals surface area (Å²) in [6, 6.07) is 12.6. The number of hydrogen-bond donors (Lipinski definition) is 1. The van der Waals surface area contributed by atoms with Crippen LogP contribution in [0.3, 0.4) is 0 Å². The van der Waals surface area contributed by atoms with Crippen LogP contribution in [0.4, 0.5) is 0 Å². The van der Waals surface area contributed by atoms with E-state index in [4.69, 9.17) is 5.14 Å². The summed E-state index contributed by atoms with van der Waals surface area (Å²) >= 11 is 1.25. The van der Waals surface area contributed by atoms with E-state index in [1.54, 1.807) is 12.1 Å². The maximum atomic E-state index is 12.5. The Morgan fingerprint density at radius 1 is 1.24 bits per heavy atom. The van der Waals surface area contributed by atoms with Crippen LogP contribution >= 0.6 is 11.3 Å². The van der Waals surface area contributed by atoms with E-state index in [0.29, 0.717) is 22.0 Å². The van der Waals surface area contributed by atoms with E-state index in [2.05, 4.69) is 25.4 Å². The average molecular weight is 430 g/mol. The SMILES string of the molecule is C=CCn1c(=NC(=O)Cc2ccc(C(C)C)cc2)sc2cc(S(N)(=O)=O)ccc21. The van der Waals surface area contributed by atoms with Crippen LogP contribution in [0.25, 0.3) is 10.2 Å². The summed E-state index contributed by atoms with van der Waals surface area (Å²) in [5.41, 5.74) is 2.89. The highest BCUT2D eigenvalue weighted by molar-refractivity contribution is 7.89. The number of thiazole rings is 1. The van der Waals surface area contributed by atoms with Gasteiger partial charge in [-0.15, -0.1) is 6.58 Å². The van der Waals surface area contributed by atoms with Gasteiger partial charge in [-0.05, 0) is 35.2 Å². The summed E-state index contributed by atoms with van der Waals surface area (Å²) in [4.78, 5) is 17.3. The number of aromatic nitrogens is 1. The molecular weight excluding hydrogens is 406 g/mol. The summed E-state index contributed by atoms with van der Waals surface area (Å²) in [6.07, 6.45) is 1.90. The lowest BCUT2D eigenvalue weighted by molar-refractivity contribution is -0.117. The lowest BCUT2D eigenvalue weighted by Crippen LogP contribution is -2.17. The molecule has 2 aromatic carbocycles. The third-order valence-corrected chi connectivity index (χ3v) is 6.47. The van der Waals surface area contributed by atoms with Crippen molar-refractivity contribution < 1.29 is 13.2 Å². The van der Waals surface area contributed by atoms with Crippen molar-refractivity contribution in [2.24, 2.45) is 10.1 Å². The molecule has 0 aliphatic rings. The highest BCUT2D eigenvalue weighted by Crippen LogP contribution is 2.21. The van der Waals surface area contributed by atoms with Gasteiger partial charge in [-0.2, -0.15) is 4.99 Å². The van der Waals surface area contributed by atoms with E-state index in [-0.39, 0.29) is 17.2 Å². The van der Waals surface area contributed by atoms with Crippen LogP contribution in [0.15, 0.2) is 65.0 Å². The molecule has 3 aromatic rings. The number of carbonyl (C=O) groups is 1. The maximum absolute atomic E-state index is 12.5. The molecule has 0 atom stereocenters. The van der Waals surface area contributed by atoms with Crippen molar-refractivity contribution in [3.8, 4) is 0 Å². The van der Waals surface area contributed by atoms with Crippen molar-refractivity contribution in [3.05, 3.63) is 71.0 Å². The molecule has 0 aliphatic carbocycles. The molecule has 0 unspecified atom stereocenters. The van der Waals surface area contributed by atoms with Crippen LogP contribution in [0, 0.1) is 0 Å². The van der Waals surface area contributed by atoms with Gasteiger partial charge in [0.05, 0.1) is 21.5 Å². The zero-order valence-electron chi connectivity index (χ0n) is 16.3. The number of allylic oxidation sites excluding steroid dienone is 1. The third-order valence-electron chi connectivity index (χ3n) is 4.52. The van der Waals surface area contributed by atoms with Gasteiger partial charge < -0.3 is 4.57 Å². The van der Waals surface area contributed by atoms with E-state index >= 15 is 0 Å². The standard InChI is InChI=1S/C21H23N3O3S2/c1-4-11-24-18-10-9-17(29(22,26)27)13-19(18)28-21(24)23-20(25)12-15-5-7-16(8-6-15)14(2)3/h4-10,13-14H,1,11-12H2,2-3H3,(H2,22,26,27). The molecule has 0 radical (unpaired) electrons. The number of carbonyl (C=O) groups excluding carboxylic acids is 1. The van der Waals surface area contributed by atoms with Crippen LogP contribution in [0.5, 0.6) is 0 Å². The molecule has 8 heteroatoms. The molecule has 1 amide bonds. The fourth-order valence-corrected chi connectivity index (χ4v) is 4.67. The van der Waals surface area contributed by atoms with Crippen LogP contribution in [-0.4, -0.2) is 18.9 Å². The van der Waals surface area contributed by atoms with Crippen molar-refractivity contribution in [1.82, 2.24) is 4.57 Å². The molecule has 2 N–H and O–H groups in total. The lowest BCUT2D eigenvalue weighted by Gasteiger charge is -2.05. The van der Waals surface area contributed by atoms with Crippen molar-refractivity contribution in [3.63, 3.8) is 0 Å². The highest BCUT2D eigenvalue weighted by atomic mass is 32.2. The van der Waals surface area contributed by atoms with Crippen LogP contribution in [0.1, 0.15) is 30.9 Å². The minimum Gasteiger partial charge on any atom is -0.313 e. The molecule has 0 saturated heterocycles. The summed E-state index contributed by atoms with van der Waals surface area (Å²) < 4.78 is 25.8. The molecule has 29 heavy (non-hydrogen) atoms. The Labute approximate surface area is 174 Å². The number of rotatable bonds is 6. The smallest absolute Gasteiger partial charge is 0.252 e. The number of benzene rings is 2. The number of nitrogens with zero attached hydrogens (tertiary/aromatic N) is 2. The summed E-state index contributed by atoms with van der Waals surface area (Å²) in [7, 11) is -3.80. The van der Waals surface area contributed by atoms with Gasteiger partial charge in [0.15, 0.2) is 4.80 Å². The molecule has 0 bridgehead atoms. The second kappa shape index (κ2) is 8.44. The molecule has 1 heterocycles. The topological polar surface area (TPSA) is 94.5 Å². The van der Waals surface area contributed by atoms with Crippen LogP contribution in [0.2, 0.25) is 0 Å². The van der Waals surface area contributed by atoms with Gasteiger partial charge in [-0.3, -0.25) is 4.79 Å². The third kappa shape index (κ3) is 4.90. The quantitative estimate of drug-likeness (QED) is 0.609. The summed E-state index contributed by atoms with van der Waals surface area (Å²) in [6.45, 7) is 8.44. The average Bonchev–Trinajstić information content (AvgIpc) is 2.98. The molecule has 0 fully saturated rings. The van der Waals surface area contributed by atoms with Crippen LogP contribution in [-0.2, 0) is 27.8 Å². The zero-order chi connectivity index (χ0) is 21.2. The van der Waals surface area contributed by atoms with Gasteiger partial charge in [0.1, 0.15) is 0 Å². The monoisotopic (exact) mass is 429 g/mol. The number of sulfonamides is 1. The molecule has 3 rings (SSSR count). The fraction of sp³-hybridized carbons (Fsp3) is 0.238. The van der Waals surface area contributed by atoms with Gasteiger partial charge >= 0.3 is 0 Å². The molecule has 6 nitrogen and oxygen atoms in total. The Bertz CT molecular complexity index is 1230. The van der Waals surface area contributed by atoms with E-state index in [0.717, 1.165) is 11.1 Å². The molecule has 1 aromatic heterocycles. The molecule has 0 spiro atoms.